The lowest BCUT2D eigenvalue weighted by Crippen LogP contribution is -2.53. The fourth-order valence-electron chi connectivity index (χ4n) is 6.86. The zero-order valence-corrected chi connectivity index (χ0v) is 23.4. The van der Waals surface area contributed by atoms with Crippen molar-refractivity contribution in [3.05, 3.63) is 40.1 Å². The summed E-state index contributed by atoms with van der Waals surface area (Å²) in [5.41, 5.74) is 3.72. The van der Waals surface area contributed by atoms with Crippen LogP contribution in [0.3, 0.4) is 0 Å². The summed E-state index contributed by atoms with van der Waals surface area (Å²) in [4.78, 5) is 31.6. The summed E-state index contributed by atoms with van der Waals surface area (Å²) in [5.74, 6) is 1.95. The Morgan fingerprint density at radius 1 is 1.07 bits per heavy atom. The number of aromatic amines is 1. The maximum Gasteiger partial charge on any atom is 0.439 e. The molecule has 10 nitrogen and oxygen atoms in total. The highest BCUT2D eigenvalue weighted by atomic mass is 35.5. The fraction of sp³-hybridized carbons (Fsp3) is 0.567. The summed E-state index contributed by atoms with van der Waals surface area (Å²) in [7, 11) is 0. The monoisotopic (exact) mass is 579 g/mol. The number of aromatic nitrogens is 6. The standard InChI is InChI=1S/C29H34ClN7O3.CH4/c1-17-6-8-18(9-7-17)16-37-26-21(33-28(37)36-10-11-39-24-5-3-2-4-23(24)36)13-22(27-34-29(38)40-35-27)32-25(26)19-12-20(30)15-31-14-19;/h12-15,17-18,23-24H,2-11,16H2,1H3,(H,34,35,38);1H4. The molecule has 0 bridgehead atoms. The van der Waals surface area contributed by atoms with Gasteiger partial charge in [-0.05, 0) is 49.7 Å². The largest absolute Gasteiger partial charge is 0.439 e. The number of rotatable bonds is 5. The predicted octanol–water partition coefficient (Wildman–Crippen LogP) is 6.10. The van der Waals surface area contributed by atoms with Crippen LogP contribution in [0.25, 0.3) is 33.8 Å². The van der Waals surface area contributed by atoms with E-state index in [1.54, 1.807) is 12.4 Å². The van der Waals surface area contributed by atoms with Gasteiger partial charge in [0.05, 0.1) is 40.5 Å². The van der Waals surface area contributed by atoms with Crippen molar-refractivity contribution >= 4 is 28.6 Å². The molecule has 1 saturated heterocycles. The molecule has 4 aromatic rings. The minimum atomic E-state index is -0.628. The number of fused-ring (bicyclic) bond motifs is 2. The molecule has 41 heavy (non-hydrogen) atoms. The van der Waals surface area contributed by atoms with E-state index in [-0.39, 0.29) is 19.4 Å². The summed E-state index contributed by atoms with van der Waals surface area (Å²) in [6.45, 7) is 4.72. The molecule has 0 radical (unpaired) electrons. The third-order valence-electron chi connectivity index (χ3n) is 8.93. The van der Waals surface area contributed by atoms with Crippen molar-refractivity contribution in [1.82, 2.24) is 29.7 Å². The average molecular weight is 580 g/mol. The van der Waals surface area contributed by atoms with Gasteiger partial charge in [0, 0.05) is 31.0 Å². The lowest BCUT2D eigenvalue weighted by atomic mass is 9.83. The maximum absolute atomic E-state index is 11.8. The predicted molar refractivity (Wildman–Crippen MR) is 159 cm³/mol. The van der Waals surface area contributed by atoms with E-state index in [2.05, 4.69) is 31.5 Å². The van der Waals surface area contributed by atoms with Gasteiger partial charge in [0.2, 0.25) is 11.8 Å². The molecule has 0 aromatic carbocycles. The molecule has 0 amide bonds. The Kier molecular flexibility index (Phi) is 7.87. The number of pyridine rings is 2. The van der Waals surface area contributed by atoms with E-state index in [0.717, 1.165) is 54.4 Å². The number of H-pyrrole nitrogens is 1. The number of imidazole rings is 1. The van der Waals surface area contributed by atoms with Crippen molar-refractivity contribution in [2.75, 3.05) is 18.1 Å². The van der Waals surface area contributed by atoms with E-state index < -0.39 is 5.76 Å². The second kappa shape index (κ2) is 11.6. The van der Waals surface area contributed by atoms with E-state index in [0.29, 0.717) is 35.0 Å². The summed E-state index contributed by atoms with van der Waals surface area (Å²) in [6.07, 6.45) is 13.1. The highest BCUT2D eigenvalue weighted by molar-refractivity contribution is 6.30. The first kappa shape index (κ1) is 27.9. The third kappa shape index (κ3) is 5.39. The van der Waals surface area contributed by atoms with Crippen LogP contribution >= 0.6 is 11.6 Å². The Hall–Kier alpha value is -3.24. The van der Waals surface area contributed by atoms with E-state index >= 15 is 0 Å². The molecule has 2 aliphatic carbocycles. The van der Waals surface area contributed by atoms with Gasteiger partial charge in [0.1, 0.15) is 5.69 Å². The lowest BCUT2D eigenvalue weighted by Gasteiger charge is -2.44. The molecule has 218 valence electrons. The quantitative estimate of drug-likeness (QED) is 0.301. The molecule has 3 fully saturated rings. The zero-order chi connectivity index (χ0) is 27.2. The molecule has 5 heterocycles. The van der Waals surface area contributed by atoms with Crippen LogP contribution in [0.5, 0.6) is 0 Å². The van der Waals surface area contributed by atoms with Crippen molar-refractivity contribution in [2.24, 2.45) is 11.8 Å². The highest BCUT2D eigenvalue weighted by Gasteiger charge is 2.37. The molecule has 4 aromatic heterocycles. The summed E-state index contributed by atoms with van der Waals surface area (Å²) >= 11 is 6.41. The van der Waals surface area contributed by atoms with Crippen LogP contribution in [0.2, 0.25) is 5.02 Å². The Bertz CT molecular complexity index is 1570. The van der Waals surface area contributed by atoms with Gasteiger partial charge >= 0.3 is 5.76 Å². The first-order valence-electron chi connectivity index (χ1n) is 14.5. The Morgan fingerprint density at radius 3 is 2.68 bits per heavy atom. The van der Waals surface area contributed by atoms with Gasteiger partial charge in [-0.25, -0.2) is 14.8 Å². The number of ether oxygens (including phenoxy) is 1. The van der Waals surface area contributed by atoms with Gasteiger partial charge in [0.15, 0.2) is 0 Å². The van der Waals surface area contributed by atoms with Crippen molar-refractivity contribution in [3.8, 4) is 22.8 Å². The second-order valence-electron chi connectivity index (χ2n) is 11.7. The van der Waals surface area contributed by atoms with Crippen molar-refractivity contribution in [1.29, 1.82) is 0 Å². The van der Waals surface area contributed by atoms with Gasteiger partial charge in [-0.1, -0.05) is 56.8 Å². The van der Waals surface area contributed by atoms with Crippen molar-refractivity contribution in [3.63, 3.8) is 0 Å². The number of nitrogens with zero attached hydrogens (tertiary/aromatic N) is 6. The minimum Gasteiger partial charge on any atom is -0.374 e. The molecular formula is C30H38ClN7O3. The van der Waals surface area contributed by atoms with Gasteiger partial charge in [-0.2, -0.15) is 0 Å². The molecule has 7 rings (SSSR count). The number of hydrogen-bond acceptors (Lipinski definition) is 8. The fourth-order valence-corrected chi connectivity index (χ4v) is 7.03. The number of halogens is 1. The van der Waals surface area contributed by atoms with Crippen LogP contribution in [0.4, 0.5) is 5.95 Å². The Balaban J connectivity index is 0.00000302. The number of anilines is 1. The first-order valence-corrected chi connectivity index (χ1v) is 14.9. The van der Waals surface area contributed by atoms with Crippen molar-refractivity contribution < 1.29 is 9.26 Å². The van der Waals surface area contributed by atoms with Gasteiger partial charge in [-0.3, -0.25) is 14.5 Å². The number of hydrogen-bond donors (Lipinski definition) is 1. The average Bonchev–Trinajstić information content (AvgIpc) is 3.57. The smallest absolute Gasteiger partial charge is 0.374 e. The summed E-state index contributed by atoms with van der Waals surface area (Å²) in [5, 5.41) is 4.44. The SMILES string of the molecule is C.CC1CCC(Cn2c(N3CCOC4CCCCC43)nc3cc(-c4noc(=O)[nH]4)nc(-c4cncc(Cl)c4)c32)CC1. The summed E-state index contributed by atoms with van der Waals surface area (Å²) < 4.78 is 13.4. The third-order valence-corrected chi connectivity index (χ3v) is 9.14. The topological polar surface area (TPSA) is 115 Å². The molecule has 2 saturated carbocycles. The minimum absolute atomic E-state index is 0. The van der Waals surface area contributed by atoms with E-state index in [1.165, 1.54) is 38.5 Å². The molecule has 2 atom stereocenters. The molecule has 1 aliphatic heterocycles. The molecule has 3 aliphatic rings. The number of morpholine rings is 1. The normalized spacial score (nSPS) is 24.7. The van der Waals surface area contributed by atoms with Gasteiger partial charge in [0.25, 0.3) is 0 Å². The van der Waals surface area contributed by atoms with E-state index in [9.17, 15) is 4.79 Å². The van der Waals surface area contributed by atoms with Gasteiger partial charge < -0.3 is 14.2 Å². The van der Waals surface area contributed by atoms with Crippen LogP contribution in [-0.4, -0.2) is 55.0 Å². The van der Waals surface area contributed by atoms with E-state index in [1.807, 2.05) is 12.1 Å². The number of nitrogens with one attached hydrogen (secondary N) is 1. The van der Waals surface area contributed by atoms with Crippen LogP contribution < -0.4 is 10.7 Å². The van der Waals surface area contributed by atoms with Crippen LogP contribution in [0.15, 0.2) is 33.8 Å². The summed E-state index contributed by atoms with van der Waals surface area (Å²) in [6, 6.07) is 4.07. The Labute approximate surface area is 244 Å². The molecule has 2 unspecified atom stereocenters. The maximum atomic E-state index is 11.8. The highest BCUT2D eigenvalue weighted by Crippen LogP contribution is 2.39. The lowest BCUT2D eigenvalue weighted by molar-refractivity contribution is -0.00958. The first-order chi connectivity index (χ1) is 19.5. The molecule has 1 N–H and O–H groups in total. The molecular weight excluding hydrogens is 542 g/mol. The van der Waals surface area contributed by atoms with Gasteiger partial charge in [-0.15, -0.1) is 0 Å². The Morgan fingerprint density at radius 2 is 1.90 bits per heavy atom. The van der Waals surface area contributed by atoms with E-state index in [4.69, 9.17) is 30.8 Å². The molecule has 0 spiro atoms. The van der Waals surface area contributed by atoms with Crippen molar-refractivity contribution in [2.45, 2.75) is 84.4 Å². The zero-order valence-electron chi connectivity index (χ0n) is 22.7. The van der Waals surface area contributed by atoms with Crippen LogP contribution in [0.1, 0.15) is 65.7 Å². The van der Waals surface area contributed by atoms with Crippen LogP contribution in [0, 0.1) is 11.8 Å². The molecule has 11 heteroatoms. The van der Waals surface area contributed by atoms with Crippen LogP contribution in [-0.2, 0) is 11.3 Å². The second-order valence-corrected chi connectivity index (χ2v) is 12.1.